The topological polar surface area (TPSA) is 39.5 Å². The van der Waals surface area contributed by atoms with Crippen LogP contribution in [0.25, 0.3) is 0 Å². The highest BCUT2D eigenvalue weighted by atomic mass is 16.5. The Bertz CT molecular complexity index is 616. The van der Waals surface area contributed by atoms with Crippen molar-refractivity contribution in [2.45, 2.75) is 18.9 Å². The van der Waals surface area contributed by atoms with Gasteiger partial charge in [-0.3, -0.25) is 9.58 Å². The number of benzene rings is 1. The van der Waals surface area contributed by atoms with Crippen LogP contribution in [-0.4, -0.2) is 42.0 Å². The Morgan fingerprint density at radius 3 is 2.50 bits per heavy atom. The molecule has 1 atom stereocenters. The molecule has 2 heterocycles. The summed E-state index contributed by atoms with van der Waals surface area (Å²) >= 11 is 0. The molecule has 5 nitrogen and oxygen atoms in total. The van der Waals surface area contributed by atoms with Crippen molar-refractivity contribution in [3.05, 3.63) is 41.7 Å². The number of likely N-dealkylation sites (tertiary alicyclic amines) is 1. The van der Waals surface area contributed by atoms with Gasteiger partial charge in [-0.25, -0.2) is 0 Å². The van der Waals surface area contributed by atoms with Gasteiger partial charge in [0.2, 0.25) is 0 Å². The number of ether oxygens (including phenoxy) is 2. The van der Waals surface area contributed by atoms with Gasteiger partial charge in [-0.1, -0.05) is 0 Å². The third-order valence-corrected chi connectivity index (χ3v) is 4.28. The molecule has 0 bridgehead atoms. The molecular weight excluding hydrogens is 278 g/mol. The zero-order chi connectivity index (χ0) is 15.5. The Morgan fingerprint density at radius 1 is 1.18 bits per heavy atom. The van der Waals surface area contributed by atoms with Gasteiger partial charge in [0.15, 0.2) is 0 Å². The number of nitrogens with zero attached hydrogens (tertiary/aromatic N) is 3. The first-order chi connectivity index (χ1) is 10.7. The molecule has 22 heavy (non-hydrogen) atoms. The van der Waals surface area contributed by atoms with Gasteiger partial charge >= 0.3 is 0 Å². The van der Waals surface area contributed by atoms with Crippen molar-refractivity contribution >= 4 is 0 Å². The van der Waals surface area contributed by atoms with E-state index in [2.05, 4.69) is 28.3 Å². The highest BCUT2D eigenvalue weighted by Gasteiger charge is 2.25. The minimum absolute atomic E-state index is 0.528. The predicted octanol–water partition coefficient (Wildman–Crippen LogP) is 2.43. The molecule has 0 radical (unpaired) electrons. The van der Waals surface area contributed by atoms with E-state index in [4.69, 9.17) is 9.47 Å². The highest BCUT2D eigenvalue weighted by Crippen LogP contribution is 2.33. The summed E-state index contributed by atoms with van der Waals surface area (Å²) in [6, 6.07) is 6.17. The van der Waals surface area contributed by atoms with Gasteiger partial charge < -0.3 is 9.47 Å². The lowest BCUT2D eigenvalue weighted by Gasteiger charge is -2.16. The number of rotatable bonds is 5. The van der Waals surface area contributed by atoms with Gasteiger partial charge in [0.1, 0.15) is 11.5 Å². The van der Waals surface area contributed by atoms with E-state index < -0.39 is 0 Å². The zero-order valence-electron chi connectivity index (χ0n) is 13.5. The van der Waals surface area contributed by atoms with Crippen LogP contribution in [0, 0.1) is 0 Å². The van der Waals surface area contributed by atoms with Crippen molar-refractivity contribution in [1.29, 1.82) is 0 Å². The maximum absolute atomic E-state index is 5.38. The summed E-state index contributed by atoms with van der Waals surface area (Å²) in [5.41, 5.74) is 2.57. The van der Waals surface area contributed by atoms with Crippen molar-refractivity contribution < 1.29 is 9.47 Å². The summed E-state index contributed by atoms with van der Waals surface area (Å²) in [6.45, 7) is 3.13. The number of hydrogen-bond acceptors (Lipinski definition) is 4. The quantitative estimate of drug-likeness (QED) is 0.850. The fourth-order valence-corrected chi connectivity index (χ4v) is 3.13. The summed E-state index contributed by atoms with van der Waals surface area (Å²) in [4.78, 5) is 2.48. The average Bonchev–Trinajstić information content (AvgIpc) is 3.16. The van der Waals surface area contributed by atoms with Gasteiger partial charge in [-0.2, -0.15) is 5.10 Å². The molecular formula is C17H23N3O2. The monoisotopic (exact) mass is 301 g/mol. The lowest BCUT2D eigenvalue weighted by atomic mass is 9.98. The minimum Gasteiger partial charge on any atom is -0.497 e. The third-order valence-electron chi connectivity index (χ3n) is 4.28. The summed E-state index contributed by atoms with van der Waals surface area (Å²) in [7, 11) is 5.35. The van der Waals surface area contributed by atoms with E-state index in [0.29, 0.717) is 5.92 Å². The van der Waals surface area contributed by atoms with Crippen LogP contribution in [0.4, 0.5) is 0 Å². The normalized spacial score (nSPS) is 18.6. The fraction of sp³-hybridized carbons (Fsp3) is 0.471. The SMILES string of the molecule is COc1cc(OC)cc([C@H]2CCN(Cc3cnn(C)c3)C2)c1. The van der Waals surface area contributed by atoms with E-state index in [1.807, 2.05) is 24.0 Å². The second-order valence-electron chi connectivity index (χ2n) is 5.89. The van der Waals surface area contributed by atoms with Gasteiger partial charge in [0.05, 0.1) is 20.4 Å². The summed E-state index contributed by atoms with van der Waals surface area (Å²) in [5.74, 6) is 2.25. The van der Waals surface area contributed by atoms with Crippen LogP contribution in [0.5, 0.6) is 11.5 Å². The molecule has 2 aromatic rings. The minimum atomic E-state index is 0.528. The second-order valence-corrected chi connectivity index (χ2v) is 5.89. The first-order valence-electron chi connectivity index (χ1n) is 7.61. The number of aromatic nitrogens is 2. The van der Waals surface area contributed by atoms with E-state index in [1.165, 1.54) is 11.1 Å². The number of methoxy groups -OCH3 is 2. The molecule has 3 rings (SSSR count). The summed E-state index contributed by atoms with van der Waals surface area (Å²) in [6.07, 6.45) is 5.19. The van der Waals surface area contributed by atoms with Crippen molar-refractivity contribution in [1.82, 2.24) is 14.7 Å². The van der Waals surface area contributed by atoms with Crippen molar-refractivity contribution in [2.24, 2.45) is 7.05 Å². The molecule has 1 aliphatic heterocycles. The van der Waals surface area contributed by atoms with E-state index >= 15 is 0 Å². The van der Waals surface area contributed by atoms with E-state index in [1.54, 1.807) is 14.2 Å². The molecule has 1 aromatic carbocycles. The van der Waals surface area contributed by atoms with E-state index in [9.17, 15) is 0 Å². The maximum atomic E-state index is 5.38. The van der Waals surface area contributed by atoms with E-state index in [-0.39, 0.29) is 0 Å². The molecule has 0 N–H and O–H groups in total. The third kappa shape index (κ3) is 3.25. The van der Waals surface area contributed by atoms with Crippen LogP contribution in [0.3, 0.4) is 0 Å². The second kappa shape index (κ2) is 6.40. The molecule has 0 unspecified atom stereocenters. The lowest BCUT2D eigenvalue weighted by Crippen LogP contribution is -2.19. The van der Waals surface area contributed by atoms with Crippen LogP contribution in [-0.2, 0) is 13.6 Å². The zero-order valence-corrected chi connectivity index (χ0v) is 13.5. The Hall–Kier alpha value is -2.01. The van der Waals surface area contributed by atoms with E-state index in [0.717, 1.165) is 37.6 Å². The first-order valence-corrected chi connectivity index (χ1v) is 7.61. The molecule has 1 saturated heterocycles. The molecule has 0 aliphatic carbocycles. The van der Waals surface area contributed by atoms with Crippen LogP contribution in [0.2, 0.25) is 0 Å². The molecule has 5 heteroatoms. The number of hydrogen-bond donors (Lipinski definition) is 0. The van der Waals surface area contributed by atoms with Gasteiger partial charge in [0.25, 0.3) is 0 Å². The van der Waals surface area contributed by atoms with Crippen LogP contribution < -0.4 is 9.47 Å². The standard InChI is InChI=1S/C17H23N3O2/c1-19-10-13(9-18-19)11-20-5-4-14(12-20)15-6-16(21-2)8-17(7-15)22-3/h6-10,14H,4-5,11-12H2,1-3H3/t14-/m0/s1. The average molecular weight is 301 g/mol. The maximum Gasteiger partial charge on any atom is 0.122 e. The van der Waals surface area contributed by atoms with Gasteiger partial charge in [-0.05, 0) is 36.6 Å². The first kappa shape index (κ1) is 14.9. The van der Waals surface area contributed by atoms with Crippen LogP contribution >= 0.6 is 0 Å². The summed E-state index contributed by atoms with van der Waals surface area (Å²) < 4.78 is 12.6. The molecule has 1 aromatic heterocycles. The molecule has 1 aliphatic rings. The number of aryl methyl sites for hydroxylation is 1. The van der Waals surface area contributed by atoms with Gasteiger partial charge in [0, 0.05) is 38.0 Å². The van der Waals surface area contributed by atoms with Crippen LogP contribution in [0.15, 0.2) is 30.6 Å². The smallest absolute Gasteiger partial charge is 0.122 e. The molecule has 0 amide bonds. The van der Waals surface area contributed by atoms with Crippen molar-refractivity contribution in [3.8, 4) is 11.5 Å². The molecule has 0 saturated carbocycles. The molecule has 118 valence electrons. The Labute approximate surface area is 131 Å². The summed E-state index contributed by atoms with van der Waals surface area (Å²) in [5, 5.41) is 4.24. The predicted molar refractivity (Wildman–Crippen MR) is 85.4 cm³/mol. The van der Waals surface area contributed by atoms with Crippen molar-refractivity contribution in [2.75, 3.05) is 27.3 Å². The van der Waals surface area contributed by atoms with Crippen molar-refractivity contribution in [3.63, 3.8) is 0 Å². The Morgan fingerprint density at radius 2 is 1.91 bits per heavy atom. The molecule has 1 fully saturated rings. The largest absolute Gasteiger partial charge is 0.497 e. The van der Waals surface area contributed by atoms with Crippen LogP contribution in [0.1, 0.15) is 23.5 Å². The highest BCUT2D eigenvalue weighted by molar-refractivity contribution is 5.40. The van der Waals surface area contributed by atoms with Gasteiger partial charge in [-0.15, -0.1) is 0 Å². The molecule has 0 spiro atoms. The fourth-order valence-electron chi connectivity index (χ4n) is 3.13. The lowest BCUT2D eigenvalue weighted by molar-refractivity contribution is 0.326. The Kier molecular flexibility index (Phi) is 4.34. The Balaban J connectivity index is 1.69.